The zero-order valence-corrected chi connectivity index (χ0v) is 8.95. The number of nitrogens with two attached hydrogens (primary N) is 1. The summed E-state index contributed by atoms with van der Waals surface area (Å²) in [6, 6.07) is 9.55. The SMILES string of the molecule is NCc1cnn(CC(O)c2ccccc2)c1. The van der Waals surface area contributed by atoms with Gasteiger partial charge in [-0.2, -0.15) is 5.10 Å². The summed E-state index contributed by atoms with van der Waals surface area (Å²) in [5.41, 5.74) is 7.36. The molecule has 16 heavy (non-hydrogen) atoms. The normalized spacial score (nSPS) is 12.6. The van der Waals surface area contributed by atoms with E-state index in [1.165, 1.54) is 0 Å². The molecule has 0 spiro atoms. The topological polar surface area (TPSA) is 64.1 Å². The van der Waals surface area contributed by atoms with Crippen LogP contribution in [0.1, 0.15) is 17.2 Å². The van der Waals surface area contributed by atoms with E-state index < -0.39 is 6.10 Å². The Hall–Kier alpha value is -1.65. The van der Waals surface area contributed by atoms with Gasteiger partial charge in [0.1, 0.15) is 0 Å². The van der Waals surface area contributed by atoms with Crippen molar-refractivity contribution in [3.8, 4) is 0 Å². The standard InChI is InChI=1S/C12H15N3O/c13-6-10-7-14-15(8-10)9-12(16)11-4-2-1-3-5-11/h1-5,7-8,12,16H,6,9,13H2. The molecule has 2 aromatic rings. The summed E-state index contributed by atoms with van der Waals surface area (Å²) < 4.78 is 1.71. The fraction of sp³-hybridized carbons (Fsp3) is 0.250. The van der Waals surface area contributed by atoms with Gasteiger partial charge >= 0.3 is 0 Å². The molecule has 1 atom stereocenters. The Morgan fingerprint density at radius 2 is 2.06 bits per heavy atom. The van der Waals surface area contributed by atoms with Gasteiger partial charge in [-0.25, -0.2) is 0 Å². The molecule has 3 N–H and O–H groups in total. The number of benzene rings is 1. The van der Waals surface area contributed by atoms with Crippen LogP contribution in [0.4, 0.5) is 0 Å². The van der Waals surface area contributed by atoms with Crippen molar-refractivity contribution in [2.75, 3.05) is 0 Å². The summed E-state index contributed by atoms with van der Waals surface area (Å²) in [6.07, 6.45) is 3.04. The van der Waals surface area contributed by atoms with Crippen LogP contribution in [0.2, 0.25) is 0 Å². The summed E-state index contributed by atoms with van der Waals surface area (Å²) in [5.74, 6) is 0. The first-order valence-electron chi connectivity index (χ1n) is 5.24. The van der Waals surface area contributed by atoms with Crippen LogP contribution in [0.5, 0.6) is 0 Å². The number of aromatic nitrogens is 2. The van der Waals surface area contributed by atoms with E-state index in [-0.39, 0.29) is 0 Å². The lowest BCUT2D eigenvalue weighted by Gasteiger charge is -2.10. The Kier molecular flexibility index (Phi) is 3.34. The van der Waals surface area contributed by atoms with Gasteiger partial charge in [-0.15, -0.1) is 0 Å². The molecule has 1 aromatic heterocycles. The highest BCUT2D eigenvalue weighted by molar-refractivity contribution is 5.17. The molecule has 1 aromatic carbocycles. The fourth-order valence-corrected chi connectivity index (χ4v) is 1.57. The average Bonchev–Trinajstić information content (AvgIpc) is 2.78. The predicted octanol–water partition coefficient (Wildman–Crippen LogP) is 1.08. The Balaban J connectivity index is 2.05. The van der Waals surface area contributed by atoms with Gasteiger partial charge in [-0.05, 0) is 5.56 Å². The first-order chi connectivity index (χ1) is 7.79. The van der Waals surface area contributed by atoms with E-state index in [4.69, 9.17) is 5.73 Å². The summed E-state index contributed by atoms with van der Waals surface area (Å²) in [7, 11) is 0. The number of rotatable bonds is 4. The van der Waals surface area contributed by atoms with Crippen molar-refractivity contribution in [3.05, 3.63) is 53.9 Å². The minimum Gasteiger partial charge on any atom is -0.386 e. The molecular formula is C12H15N3O. The van der Waals surface area contributed by atoms with Crippen molar-refractivity contribution < 1.29 is 5.11 Å². The van der Waals surface area contributed by atoms with Crippen LogP contribution < -0.4 is 5.73 Å². The molecular weight excluding hydrogens is 202 g/mol. The van der Waals surface area contributed by atoms with Crippen LogP contribution in [-0.4, -0.2) is 14.9 Å². The molecule has 4 nitrogen and oxygen atoms in total. The lowest BCUT2D eigenvalue weighted by Crippen LogP contribution is -2.09. The predicted molar refractivity (Wildman–Crippen MR) is 61.5 cm³/mol. The van der Waals surface area contributed by atoms with Gasteiger partial charge < -0.3 is 10.8 Å². The van der Waals surface area contributed by atoms with Crippen molar-refractivity contribution in [1.82, 2.24) is 9.78 Å². The van der Waals surface area contributed by atoms with Gasteiger partial charge in [0.2, 0.25) is 0 Å². The first kappa shape index (κ1) is 10.9. The molecule has 4 heteroatoms. The fourth-order valence-electron chi connectivity index (χ4n) is 1.57. The molecule has 0 bridgehead atoms. The van der Waals surface area contributed by atoms with E-state index >= 15 is 0 Å². The van der Waals surface area contributed by atoms with Gasteiger partial charge in [0.25, 0.3) is 0 Å². The summed E-state index contributed by atoms with van der Waals surface area (Å²) in [6.45, 7) is 0.922. The molecule has 0 saturated heterocycles. The largest absolute Gasteiger partial charge is 0.386 e. The molecule has 0 fully saturated rings. The number of aliphatic hydroxyl groups excluding tert-OH is 1. The van der Waals surface area contributed by atoms with Gasteiger partial charge in [0.05, 0.1) is 18.8 Å². The zero-order chi connectivity index (χ0) is 11.4. The third-order valence-corrected chi connectivity index (χ3v) is 2.47. The molecule has 0 saturated carbocycles. The average molecular weight is 217 g/mol. The Morgan fingerprint density at radius 3 is 2.69 bits per heavy atom. The molecule has 2 rings (SSSR count). The van der Waals surface area contributed by atoms with Gasteiger partial charge in [-0.3, -0.25) is 4.68 Å². The van der Waals surface area contributed by atoms with Gasteiger partial charge in [0.15, 0.2) is 0 Å². The third-order valence-electron chi connectivity index (χ3n) is 2.47. The van der Waals surface area contributed by atoms with E-state index in [0.717, 1.165) is 11.1 Å². The molecule has 1 heterocycles. The minimum absolute atomic E-state index is 0.448. The van der Waals surface area contributed by atoms with E-state index in [2.05, 4.69) is 5.10 Å². The summed E-state index contributed by atoms with van der Waals surface area (Å²) >= 11 is 0. The number of aliphatic hydroxyl groups is 1. The maximum absolute atomic E-state index is 9.96. The molecule has 0 aliphatic carbocycles. The highest BCUT2D eigenvalue weighted by atomic mass is 16.3. The molecule has 0 amide bonds. The summed E-state index contributed by atoms with van der Waals surface area (Å²) in [4.78, 5) is 0. The van der Waals surface area contributed by atoms with Gasteiger partial charge in [0, 0.05) is 18.3 Å². The molecule has 0 aliphatic heterocycles. The van der Waals surface area contributed by atoms with Crippen LogP contribution in [0.3, 0.4) is 0 Å². The maximum Gasteiger partial charge on any atom is 0.0985 e. The first-order valence-corrected chi connectivity index (χ1v) is 5.24. The molecule has 0 radical (unpaired) electrons. The Bertz CT molecular complexity index is 439. The van der Waals surface area contributed by atoms with Crippen LogP contribution in [-0.2, 0) is 13.1 Å². The van der Waals surface area contributed by atoms with Crippen LogP contribution in [0.25, 0.3) is 0 Å². The van der Waals surface area contributed by atoms with E-state index in [1.54, 1.807) is 10.9 Å². The number of hydrogen-bond acceptors (Lipinski definition) is 3. The quantitative estimate of drug-likeness (QED) is 0.805. The summed E-state index contributed by atoms with van der Waals surface area (Å²) in [5, 5.41) is 14.1. The highest BCUT2D eigenvalue weighted by Gasteiger charge is 2.08. The maximum atomic E-state index is 9.96. The van der Waals surface area contributed by atoms with Crippen LogP contribution in [0, 0.1) is 0 Å². The van der Waals surface area contributed by atoms with Crippen molar-refractivity contribution in [1.29, 1.82) is 0 Å². The van der Waals surface area contributed by atoms with Crippen molar-refractivity contribution in [2.45, 2.75) is 19.2 Å². The van der Waals surface area contributed by atoms with Gasteiger partial charge in [-0.1, -0.05) is 30.3 Å². The van der Waals surface area contributed by atoms with E-state index in [0.29, 0.717) is 13.1 Å². The van der Waals surface area contributed by atoms with Crippen molar-refractivity contribution in [3.63, 3.8) is 0 Å². The Morgan fingerprint density at radius 1 is 1.31 bits per heavy atom. The second kappa shape index (κ2) is 4.92. The second-order valence-electron chi connectivity index (χ2n) is 3.70. The monoisotopic (exact) mass is 217 g/mol. The lowest BCUT2D eigenvalue weighted by atomic mass is 10.1. The molecule has 1 unspecified atom stereocenters. The third kappa shape index (κ3) is 2.48. The zero-order valence-electron chi connectivity index (χ0n) is 8.95. The van der Waals surface area contributed by atoms with Crippen LogP contribution >= 0.6 is 0 Å². The highest BCUT2D eigenvalue weighted by Crippen LogP contribution is 2.14. The van der Waals surface area contributed by atoms with E-state index in [9.17, 15) is 5.11 Å². The minimum atomic E-state index is -0.535. The number of nitrogens with zero attached hydrogens (tertiary/aromatic N) is 2. The van der Waals surface area contributed by atoms with Crippen molar-refractivity contribution in [2.24, 2.45) is 5.73 Å². The van der Waals surface area contributed by atoms with Crippen molar-refractivity contribution >= 4 is 0 Å². The second-order valence-corrected chi connectivity index (χ2v) is 3.70. The molecule has 84 valence electrons. The molecule has 0 aliphatic rings. The Labute approximate surface area is 94.3 Å². The lowest BCUT2D eigenvalue weighted by molar-refractivity contribution is 0.151. The smallest absolute Gasteiger partial charge is 0.0985 e. The van der Waals surface area contributed by atoms with E-state index in [1.807, 2.05) is 36.5 Å². The van der Waals surface area contributed by atoms with Crippen LogP contribution in [0.15, 0.2) is 42.7 Å². The number of hydrogen-bond donors (Lipinski definition) is 2.